The molecule has 0 radical (unpaired) electrons. The van der Waals surface area contributed by atoms with E-state index in [4.69, 9.17) is 9.72 Å². The summed E-state index contributed by atoms with van der Waals surface area (Å²) in [5.41, 5.74) is 6.36. The predicted octanol–water partition coefficient (Wildman–Crippen LogP) is 4.03. The van der Waals surface area contributed by atoms with E-state index in [0.717, 1.165) is 59.7 Å². The summed E-state index contributed by atoms with van der Waals surface area (Å²) in [6.45, 7) is 5.36. The Labute approximate surface area is 186 Å². The minimum absolute atomic E-state index is 0.180. The zero-order chi connectivity index (χ0) is 22.1. The number of amides is 1. The third-order valence-corrected chi connectivity index (χ3v) is 5.87. The number of nitrogens with zero attached hydrogens (tertiary/aromatic N) is 4. The second kappa shape index (κ2) is 8.43. The fraction of sp³-hybridized carbons (Fsp3) is 0.240. The highest BCUT2D eigenvalue weighted by molar-refractivity contribution is 6.03. The van der Waals surface area contributed by atoms with Gasteiger partial charge in [-0.2, -0.15) is 5.10 Å². The summed E-state index contributed by atoms with van der Waals surface area (Å²) in [4.78, 5) is 19.7. The molecule has 1 saturated heterocycles. The molecule has 32 heavy (non-hydrogen) atoms. The number of rotatable bonds is 4. The lowest BCUT2D eigenvalue weighted by Gasteiger charge is -2.29. The smallest absolute Gasteiger partial charge is 0.273 e. The first kappa shape index (κ1) is 20.2. The standard InChI is InChI=1S/C25H25N5O2/c1-17-15-18(3-6-21(17)28-25(31)24-9-10-26-29(24)2)22-7-4-19-16-20(5-8-23(19)27-22)30-11-13-32-14-12-30/h3-10,15-16H,11-14H2,1-2H3,(H,28,31). The van der Waals surface area contributed by atoms with Crippen molar-refractivity contribution in [2.45, 2.75) is 6.92 Å². The number of anilines is 2. The van der Waals surface area contributed by atoms with E-state index in [0.29, 0.717) is 5.69 Å². The van der Waals surface area contributed by atoms with Crippen LogP contribution in [0.5, 0.6) is 0 Å². The van der Waals surface area contributed by atoms with E-state index in [2.05, 4.69) is 45.6 Å². The van der Waals surface area contributed by atoms with Gasteiger partial charge in [-0.15, -0.1) is 0 Å². The first-order valence-corrected chi connectivity index (χ1v) is 10.7. The number of morpholine rings is 1. The molecule has 3 heterocycles. The number of aromatic nitrogens is 3. The van der Waals surface area contributed by atoms with Crippen LogP contribution in [0.4, 0.5) is 11.4 Å². The fourth-order valence-electron chi connectivity index (χ4n) is 4.04. The monoisotopic (exact) mass is 427 g/mol. The molecule has 1 amide bonds. The number of hydrogen-bond acceptors (Lipinski definition) is 5. The van der Waals surface area contributed by atoms with Crippen molar-refractivity contribution < 1.29 is 9.53 Å². The molecular weight excluding hydrogens is 402 g/mol. The average molecular weight is 428 g/mol. The van der Waals surface area contributed by atoms with E-state index in [-0.39, 0.29) is 5.91 Å². The number of hydrogen-bond donors (Lipinski definition) is 1. The normalized spacial score (nSPS) is 14.0. The summed E-state index contributed by atoms with van der Waals surface area (Å²) in [5.74, 6) is -0.180. The molecule has 5 rings (SSSR count). The topological polar surface area (TPSA) is 72.3 Å². The maximum atomic E-state index is 12.5. The Morgan fingerprint density at radius 1 is 1.03 bits per heavy atom. The highest BCUT2D eigenvalue weighted by Crippen LogP contribution is 2.28. The number of carbonyl (C=O) groups excluding carboxylic acids is 1. The van der Waals surface area contributed by atoms with Crippen molar-refractivity contribution >= 4 is 28.2 Å². The summed E-state index contributed by atoms with van der Waals surface area (Å²) < 4.78 is 7.01. The van der Waals surface area contributed by atoms with Crippen LogP contribution in [0.25, 0.3) is 22.2 Å². The van der Waals surface area contributed by atoms with Crippen molar-refractivity contribution in [3.8, 4) is 11.3 Å². The highest BCUT2D eigenvalue weighted by atomic mass is 16.5. The molecule has 1 aliphatic rings. The third-order valence-electron chi connectivity index (χ3n) is 5.87. The van der Waals surface area contributed by atoms with Gasteiger partial charge in [0.15, 0.2) is 0 Å². The second-order valence-corrected chi connectivity index (χ2v) is 8.00. The molecule has 0 spiro atoms. The van der Waals surface area contributed by atoms with Crippen LogP contribution in [0.3, 0.4) is 0 Å². The molecule has 1 N–H and O–H groups in total. The van der Waals surface area contributed by atoms with Gasteiger partial charge in [0.05, 0.1) is 24.4 Å². The number of fused-ring (bicyclic) bond motifs is 1. The Bertz CT molecular complexity index is 1290. The van der Waals surface area contributed by atoms with E-state index in [9.17, 15) is 4.79 Å². The largest absolute Gasteiger partial charge is 0.378 e. The molecule has 7 heteroatoms. The van der Waals surface area contributed by atoms with E-state index in [1.807, 2.05) is 25.1 Å². The number of carbonyl (C=O) groups is 1. The van der Waals surface area contributed by atoms with Crippen LogP contribution >= 0.6 is 0 Å². The van der Waals surface area contributed by atoms with Gasteiger partial charge in [-0.1, -0.05) is 12.1 Å². The molecule has 0 aliphatic carbocycles. The fourth-order valence-corrected chi connectivity index (χ4v) is 4.04. The molecule has 2 aromatic carbocycles. The van der Waals surface area contributed by atoms with Crippen molar-refractivity contribution in [1.82, 2.24) is 14.8 Å². The van der Waals surface area contributed by atoms with Crippen LogP contribution in [0.2, 0.25) is 0 Å². The first-order valence-electron chi connectivity index (χ1n) is 10.7. The molecular formula is C25H25N5O2. The van der Waals surface area contributed by atoms with Gasteiger partial charge in [0.1, 0.15) is 5.69 Å². The van der Waals surface area contributed by atoms with Crippen LogP contribution in [-0.2, 0) is 11.8 Å². The van der Waals surface area contributed by atoms with Gasteiger partial charge in [-0.25, -0.2) is 4.98 Å². The Morgan fingerprint density at radius 2 is 1.88 bits per heavy atom. The molecule has 0 atom stereocenters. The van der Waals surface area contributed by atoms with Crippen molar-refractivity contribution in [2.24, 2.45) is 7.05 Å². The molecule has 4 aromatic rings. The van der Waals surface area contributed by atoms with Gasteiger partial charge < -0.3 is 15.0 Å². The maximum Gasteiger partial charge on any atom is 0.273 e. The molecule has 2 aromatic heterocycles. The predicted molar refractivity (Wildman–Crippen MR) is 126 cm³/mol. The summed E-state index contributed by atoms with van der Waals surface area (Å²) >= 11 is 0. The number of pyridine rings is 1. The minimum Gasteiger partial charge on any atom is -0.378 e. The van der Waals surface area contributed by atoms with Crippen LogP contribution in [0, 0.1) is 6.92 Å². The van der Waals surface area contributed by atoms with E-state index in [1.54, 1.807) is 24.0 Å². The lowest BCUT2D eigenvalue weighted by Crippen LogP contribution is -2.36. The van der Waals surface area contributed by atoms with Crippen LogP contribution in [-0.4, -0.2) is 47.0 Å². The van der Waals surface area contributed by atoms with Crippen molar-refractivity contribution in [3.05, 3.63) is 72.1 Å². The quantitative estimate of drug-likeness (QED) is 0.532. The molecule has 162 valence electrons. The molecule has 7 nitrogen and oxygen atoms in total. The van der Waals surface area contributed by atoms with Gasteiger partial charge in [0, 0.05) is 48.7 Å². The van der Waals surface area contributed by atoms with Crippen LogP contribution in [0.1, 0.15) is 16.1 Å². The second-order valence-electron chi connectivity index (χ2n) is 8.00. The average Bonchev–Trinajstić information content (AvgIpc) is 3.26. The molecule has 0 bridgehead atoms. The Kier molecular flexibility index (Phi) is 5.33. The summed E-state index contributed by atoms with van der Waals surface area (Å²) in [5, 5.41) is 8.14. The molecule has 1 aliphatic heterocycles. The van der Waals surface area contributed by atoms with Gasteiger partial charge in [-0.3, -0.25) is 9.48 Å². The van der Waals surface area contributed by atoms with Crippen molar-refractivity contribution in [2.75, 3.05) is 36.5 Å². The number of benzene rings is 2. The Balaban J connectivity index is 1.38. The lowest BCUT2D eigenvalue weighted by molar-refractivity contribution is 0.101. The first-order chi connectivity index (χ1) is 15.6. The highest BCUT2D eigenvalue weighted by Gasteiger charge is 2.14. The summed E-state index contributed by atoms with van der Waals surface area (Å²) in [6.07, 6.45) is 1.61. The van der Waals surface area contributed by atoms with Crippen molar-refractivity contribution in [1.29, 1.82) is 0 Å². The van der Waals surface area contributed by atoms with Gasteiger partial charge >= 0.3 is 0 Å². The van der Waals surface area contributed by atoms with E-state index in [1.165, 1.54) is 5.69 Å². The van der Waals surface area contributed by atoms with Crippen molar-refractivity contribution in [3.63, 3.8) is 0 Å². The minimum atomic E-state index is -0.180. The summed E-state index contributed by atoms with van der Waals surface area (Å²) in [7, 11) is 1.75. The maximum absolute atomic E-state index is 12.5. The number of nitrogens with one attached hydrogen (secondary N) is 1. The number of aryl methyl sites for hydroxylation is 2. The van der Waals surface area contributed by atoms with Gasteiger partial charge in [-0.05, 0) is 55.0 Å². The van der Waals surface area contributed by atoms with Crippen LogP contribution in [0.15, 0.2) is 60.8 Å². The SMILES string of the molecule is Cc1cc(-c2ccc3cc(N4CCOCC4)ccc3n2)ccc1NC(=O)c1ccnn1C. The van der Waals surface area contributed by atoms with Gasteiger partial charge in [0.2, 0.25) is 0 Å². The number of ether oxygens (including phenoxy) is 1. The van der Waals surface area contributed by atoms with E-state index < -0.39 is 0 Å². The molecule has 0 unspecified atom stereocenters. The Morgan fingerprint density at radius 3 is 2.62 bits per heavy atom. The Hall–Kier alpha value is -3.71. The third kappa shape index (κ3) is 3.94. The summed E-state index contributed by atoms with van der Waals surface area (Å²) in [6, 6.07) is 18.2. The molecule has 1 fully saturated rings. The van der Waals surface area contributed by atoms with E-state index >= 15 is 0 Å². The molecule has 0 saturated carbocycles. The van der Waals surface area contributed by atoms with Crippen LogP contribution < -0.4 is 10.2 Å². The zero-order valence-corrected chi connectivity index (χ0v) is 18.2. The van der Waals surface area contributed by atoms with Gasteiger partial charge in [0.25, 0.3) is 5.91 Å². The lowest BCUT2D eigenvalue weighted by atomic mass is 10.0. The zero-order valence-electron chi connectivity index (χ0n) is 18.2.